The van der Waals surface area contributed by atoms with Gasteiger partial charge in [-0.15, -0.1) is 13.2 Å². The summed E-state index contributed by atoms with van der Waals surface area (Å²) in [7, 11) is 1.62. The molecule has 6 saturated carbocycles. The number of hydrogen-bond donors (Lipinski definition) is 1. The molecule has 10 aliphatic rings. The number of carbonyl (C=O) groups is 4. The van der Waals surface area contributed by atoms with Crippen LogP contribution in [-0.4, -0.2) is 87.2 Å². The number of Topliss-reactive ketones (excluding diaryl/α,β-unsaturated/α-hetero) is 2. The van der Waals surface area contributed by atoms with Crippen LogP contribution in [0.15, 0.2) is 48.6 Å². The molecule has 0 radical (unpaired) electrons. The number of rotatable bonds is 11. The third kappa shape index (κ3) is 7.82. The van der Waals surface area contributed by atoms with E-state index >= 15 is 0 Å². The van der Waals surface area contributed by atoms with Crippen molar-refractivity contribution in [3.8, 4) is 0 Å². The predicted octanol–water partition coefficient (Wildman–Crippen LogP) is 8.76. The molecular formula is C49H68ClO11P. The zero-order valence-corrected chi connectivity index (χ0v) is 38.6. The second-order valence-electron chi connectivity index (χ2n) is 20.7. The topological polar surface area (TPSA) is 152 Å². The minimum Gasteiger partial charge on any atom is -0.389 e. The van der Waals surface area contributed by atoms with Gasteiger partial charge in [-0.3, -0.25) is 28.2 Å². The summed E-state index contributed by atoms with van der Waals surface area (Å²) in [5, 5.41) is 9.40. The summed E-state index contributed by atoms with van der Waals surface area (Å²) in [6.45, 7) is 9.77. The molecular weight excluding hydrogens is 831 g/mol. The van der Waals surface area contributed by atoms with Gasteiger partial charge in [0.05, 0.1) is 38.6 Å². The molecule has 2 heterocycles. The summed E-state index contributed by atoms with van der Waals surface area (Å²) < 4.78 is 37.8. The third-order valence-corrected chi connectivity index (χ3v) is 19.9. The Morgan fingerprint density at radius 2 is 1.21 bits per heavy atom. The van der Waals surface area contributed by atoms with Gasteiger partial charge < -0.3 is 19.3 Å². The number of fused-ring (bicyclic) bond motifs is 6. The van der Waals surface area contributed by atoms with Crippen LogP contribution in [0.4, 0.5) is 0 Å². The molecule has 13 heteroatoms. The molecule has 0 spiro atoms. The van der Waals surface area contributed by atoms with Gasteiger partial charge in [-0.1, -0.05) is 26.0 Å². The first-order valence-electron chi connectivity index (χ1n) is 23.3. The molecule has 4 bridgehead atoms. The Morgan fingerprint density at radius 1 is 0.758 bits per heavy atom. The van der Waals surface area contributed by atoms with E-state index < -0.39 is 6.95 Å². The van der Waals surface area contributed by atoms with Crippen LogP contribution < -0.4 is 0 Å². The van der Waals surface area contributed by atoms with E-state index in [1.54, 1.807) is 7.11 Å². The van der Waals surface area contributed by atoms with Gasteiger partial charge in [-0.2, -0.15) is 0 Å². The van der Waals surface area contributed by atoms with Gasteiger partial charge in [0, 0.05) is 53.9 Å². The van der Waals surface area contributed by atoms with Crippen LogP contribution in [0, 0.1) is 69.0 Å². The Labute approximate surface area is 372 Å². The van der Waals surface area contributed by atoms with Gasteiger partial charge >= 0.3 is 6.95 Å². The first-order valence-corrected chi connectivity index (χ1v) is 25.7. The molecule has 0 aromatic heterocycles. The van der Waals surface area contributed by atoms with E-state index in [2.05, 4.69) is 36.1 Å². The first-order chi connectivity index (χ1) is 29.6. The number of ether oxygens (including phenoxy) is 3. The number of halogens is 1. The van der Waals surface area contributed by atoms with Crippen LogP contribution >= 0.6 is 18.2 Å². The molecule has 2 saturated heterocycles. The highest BCUT2D eigenvalue weighted by molar-refractivity contribution is 7.81. The molecule has 14 atom stereocenters. The molecule has 0 amide bonds. The van der Waals surface area contributed by atoms with Gasteiger partial charge in [0.2, 0.25) is 0 Å². The van der Waals surface area contributed by atoms with Crippen molar-refractivity contribution in [3.63, 3.8) is 0 Å². The minimum absolute atomic E-state index is 0.0318. The Bertz CT molecular complexity index is 1910. The van der Waals surface area contributed by atoms with Crippen molar-refractivity contribution in [2.24, 2.45) is 69.0 Å². The average Bonchev–Trinajstić information content (AvgIpc) is 3.96. The third-order valence-electron chi connectivity index (χ3n) is 18.4. The van der Waals surface area contributed by atoms with Crippen molar-refractivity contribution in [1.82, 2.24) is 0 Å². The van der Waals surface area contributed by atoms with E-state index in [0.717, 1.165) is 77.4 Å². The average molecular weight is 899 g/mol. The molecule has 0 aromatic rings. The highest BCUT2D eigenvalue weighted by atomic mass is 35.7. The molecule has 8 fully saturated rings. The van der Waals surface area contributed by atoms with Crippen molar-refractivity contribution in [3.05, 3.63) is 48.6 Å². The molecule has 1 N–H and O–H groups in total. The first kappa shape index (κ1) is 46.4. The fourth-order valence-corrected chi connectivity index (χ4v) is 16.8. The minimum atomic E-state index is -3.40. The van der Waals surface area contributed by atoms with Gasteiger partial charge in [-0.25, -0.2) is 4.57 Å². The quantitative estimate of drug-likeness (QED) is 0.157. The maximum atomic E-state index is 12.7. The summed E-state index contributed by atoms with van der Waals surface area (Å²) in [5.74, 6) is 4.76. The zero-order valence-electron chi connectivity index (χ0n) is 37.0. The van der Waals surface area contributed by atoms with E-state index in [1.165, 1.54) is 36.1 Å². The fraction of sp³-hybridized carbons (Fsp3) is 0.755. The Morgan fingerprint density at radius 3 is 1.63 bits per heavy atom. The van der Waals surface area contributed by atoms with Crippen LogP contribution in [0.5, 0.6) is 0 Å². The summed E-state index contributed by atoms with van der Waals surface area (Å²) in [6.07, 6.45) is 21.1. The highest BCUT2D eigenvalue weighted by Crippen LogP contribution is 2.70. The number of aliphatic hydroxyl groups excluding tert-OH is 1. The Hall–Kier alpha value is -2.08. The fourth-order valence-electron chi connectivity index (χ4n) is 15.8. The Balaban J connectivity index is 0.000000139. The van der Waals surface area contributed by atoms with Crippen molar-refractivity contribution < 1.29 is 52.1 Å². The predicted molar refractivity (Wildman–Crippen MR) is 234 cm³/mol. The lowest BCUT2D eigenvalue weighted by Gasteiger charge is -2.56. The van der Waals surface area contributed by atoms with Crippen LogP contribution in [0.25, 0.3) is 0 Å². The molecule has 62 heavy (non-hydrogen) atoms. The maximum Gasteiger partial charge on any atom is 0.424 e. The van der Waals surface area contributed by atoms with E-state index in [1.807, 2.05) is 12.2 Å². The molecule has 2 aliphatic heterocycles. The number of hydrogen-bond acceptors (Lipinski definition) is 11. The van der Waals surface area contributed by atoms with Crippen LogP contribution in [0.2, 0.25) is 0 Å². The molecule has 0 aromatic carbocycles. The molecule has 6 unspecified atom stereocenters. The van der Waals surface area contributed by atoms with Gasteiger partial charge in [0.25, 0.3) is 0 Å². The van der Waals surface area contributed by atoms with E-state index in [0.29, 0.717) is 54.1 Å². The number of aliphatic hydroxyl groups is 1. The van der Waals surface area contributed by atoms with E-state index in [9.17, 15) is 28.8 Å². The normalized spacial score (nSPS) is 43.0. The number of ketones is 4. The molecule has 10 rings (SSSR count). The van der Waals surface area contributed by atoms with E-state index in [4.69, 9.17) is 25.5 Å². The molecule has 8 aliphatic carbocycles. The lowest BCUT2D eigenvalue weighted by atomic mass is 9.46. The zero-order chi connectivity index (χ0) is 44.2. The second kappa shape index (κ2) is 18.0. The highest BCUT2D eigenvalue weighted by Gasteiger charge is 2.67. The van der Waals surface area contributed by atoms with Gasteiger partial charge in [0.15, 0.2) is 23.1 Å². The lowest BCUT2D eigenvalue weighted by Crippen LogP contribution is -2.53. The summed E-state index contributed by atoms with van der Waals surface area (Å²) in [5.41, 5.74) is 3.01. The smallest absolute Gasteiger partial charge is 0.389 e. The summed E-state index contributed by atoms with van der Waals surface area (Å²) >= 11 is 5.31. The monoisotopic (exact) mass is 898 g/mol. The maximum absolute atomic E-state index is 12.7. The standard InChI is InChI=1S/C22H30O4.C21H28O4.C6H10ClO3P/c1-21-7-6-16-14(15(21)3-4-17(21)19(24)11-25-2)10-20-18-9-13(23)5-8-22(16,18)12-26-20;1-20-6-5-15-13(14(20)2-3-16(20)18(24)10-22)9-19-17-8-12(23)4-7-21(15,17)11-25-19;1-3-5-9-11(7,8)10-6-4-2/h9,14-17,20H,3-8,10-12H2,1-2H3;8,13-16,19,22H,2-7,9-11H2,1H3;3-4H,1-2,5-6H2/t14?,15?,16?,17-,20-,21+,22+;13?,14?,15?,16-,19-,20+,21+;/m11./s1. The van der Waals surface area contributed by atoms with Crippen LogP contribution in [0.1, 0.15) is 104 Å². The summed E-state index contributed by atoms with van der Waals surface area (Å²) in [6, 6.07) is 0. The van der Waals surface area contributed by atoms with Gasteiger partial charge in [0.1, 0.15) is 13.2 Å². The van der Waals surface area contributed by atoms with E-state index in [-0.39, 0.29) is 89.5 Å². The van der Waals surface area contributed by atoms with Crippen LogP contribution in [-0.2, 0) is 47.0 Å². The van der Waals surface area contributed by atoms with Crippen molar-refractivity contribution in [2.75, 3.05) is 46.8 Å². The van der Waals surface area contributed by atoms with Crippen molar-refractivity contribution in [1.29, 1.82) is 0 Å². The lowest BCUT2D eigenvalue weighted by molar-refractivity contribution is -0.134. The summed E-state index contributed by atoms with van der Waals surface area (Å²) in [4.78, 5) is 49.0. The van der Waals surface area contributed by atoms with Gasteiger partial charge in [-0.05, 0) is 147 Å². The second-order valence-corrected chi connectivity index (χ2v) is 23.4. The van der Waals surface area contributed by atoms with Crippen LogP contribution in [0.3, 0.4) is 0 Å². The largest absolute Gasteiger partial charge is 0.424 e. The van der Waals surface area contributed by atoms with Crippen molar-refractivity contribution >= 4 is 41.3 Å². The Kier molecular flexibility index (Phi) is 13.5. The molecule has 342 valence electrons. The SMILES string of the molecule is C=CCOP(=O)(Cl)OCC=C.COCC(=O)[C@H]1CCC2C3C[C@H]4OC[C@@]5(CCC(=O)C=C45)C3CC[C@@]21C.C[C@]12CCC3C(C[C@H]4OC[C@@]35CCC(=O)C=C45)C1CC[C@@H]2C(=O)CO. The van der Waals surface area contributed by atoms with Crippen molar-refractivity contribution in [2.45, 2.75) is 116 Å². The molecule has 11 nitrogen and oxygen atoms in total. The number of carbonyl (C=O) groups excluding carboxylic acids is 4. The number of methoxy groups -OCH3 is 1.